The second kappa shape index (κ2) is 12.7. The fraction of sp³-hybridized carbons (Fsp3) is 0.192. The lowest BCUT2D eigenvalue weighted by Gasteiger charge is -2.27. The number of carbonyl (C=O) groups is 2. The Hall–Kier alpha value is -4.45. The summed E-state index contributed by atoms with van der Waals surface area (Å²) in [6, 6.07) is 17.1. The molecule has 0 radical (unpaired) electrons. The number of carbonyl (C=O) groups excluding carboxylic acids is 2. The summed E-state index contributed by atoms with van der Waals surface area (Å²) in [5.41, 5.74) is 3.73. The predicted octanol–water partition coefficient (Wildman–Crippen LogP) is 3.16. The summed E-state index contributed by atoms with van der Waals surface area (Å²) < 4.78 is 49.2. The van der Waals surface area contributed by atoms with Gasteiger partial charge in [-0.2, -0.15) is 5.10 Å². The molecule has 38 heavy (non-hydrogen) atoms. The Morgan fingerprint density at radius 2 is 1.61 bits per heavy atom. The van der Waals surface area contributed by atoms with Gasteiger partial charge in [-0.1, -0.05) is 0 Å². The van der Waals surface area contributed by atoms with Crippen LogP contribution < -0.4 is 24.5 Å². The molecule has 0 bridgehead atoms. The highest BCUT2D eigenvalue weighted by atomic mass is 32.2. The normalized spacial score (nSPS) is 12.0. The number of hydrazone groups is 1. The molecule has 200 valence electrons. The molecule has 0 aromatic heterocycles. The highest BCUT2D eigenvalue weighted by Gasteiger charge is 2.29. The molecule has 0 saturated carbocycles. The van der Waals surface area contributed by atoms with Crippen molar-refractivity contribution in [1.82, 2.24) is 5.43 Å². The molecule has 10 nitrogen and oxygen atoms in total. The van der Waals surface area contributed by atoms with Crippen LogP contribution in [0.25, 0.3) is 0 Å². The number of halogens is 1. The number of hydrogen-bond donors (Lipinski definition) is 2. The zero-order valence-electron chi connectivity index (χ0n) is 20.9. The van der Waals surface area contributed by atoms with E-state index in [1.807, 2.05) is 0 Å². The second-order valence-electron chi connectivity index (χ2n) is 8.08. The molecular weight excluding hydrogens is 515 g/mol. The van der Waals surface area contributed by atoms with Gasteiger partial charge in [0.2, 0.25) is 10.0 Å². The molecule has 0 spiro atoms. The van der Waals surface area contributed by atoms with E-state index in [0.29, 0.717) is 28.4 Å². The molecule has 2 N–H and O–H groups in total. The number of ether oxygens (including phenoxy) is 2. The van der Waals surface area contributed by atoms with Crippen molar-refractivity contribution in [1.29, 1.82) is 0 Å². The number of hydrogen-bond acceptors (Lipinski definition) is 7. The maximum absolute atomic E-state index is 12.9. The van der Waals surface area contributed by atoms with Crippen molar-refractivity contribution in [3.05, 3.63) is 84.2 Å². The SMILES string of the molecule is COc1ccc(N([C@H](C)C(=O)N/N=C\c2ccc(OCC(=O)Nc3ccc(F)cc3)cc2)S(C)(=O)=O)cc1. The molecule has 0 aliphatic heterocycles. The topological polar surface area (TPSA) is 126 Å². The summed E-state index contributed by atoms with van der Waals surface area (Å²) in [4.78, 5) is 24.6. The van der Waals surface area contributed by atoms with Gasteiger partial charge in [-0.15, -0.1) is 0 Å². The molecule has 0 unspecified atom stereocenters. The van der Waals surface area contributed by atoms with E-state index < -0.39 is 33.7 Å². The molecule has 0 aliphatic carbocycles. The predicted molar refractivity (Wildman–Crippen MR) is 142 cm³/mol. The molecule has 0 heterocycles. The van der Waals surface area contributed by atoms with Crippen LogP contribution in [0.4, 0.5) is 15.8 Å². The van der Waals surface area contributed by atoms with Crippen LogP contribution in [0.3, 0.4) is 0 Å². The van der Waals surface area contributed by atoms with Gasteiger partial charge in [0.1, 0.15) is 23.4 Å². The van der Waals surface area contributed by atoms with Crippen LogP contribution in [-0.2, 0) is 19.6 Å². The van der Waals surface area contributed by atoms with Crippen molar-refractivity contribution in [3.8, 4) is 11.5 Å². The van der Waals surface area contributed by atoms with E-state index in [-0.39, 0.29) is 6.61 Å². The minimum absolute atomic E-state index is 0.246. The summed E-state index contributed by atoms with van der Waals surface area (Å²) in [7, 11) is -2.28. The minimum atomic E-state index is -3.77. The molecule has 3 rings (SSSR count). The third kappa shape index (κ3) is 8.03. The van der Waals surface area contributed by atoms with E-state index >= 15 is 0 Å². The van der Waals surface area contributed by atoms with E-state index in [4.69, 9.17) is 9.47 Å². The molecular formula is C26H27FN4O6S. The number of amides is 2. The van der Waals surface area contributed by atoms with Crippen molar-refractivity contribution in [2.45, 2.75) is 13.0 Å². The largest absolute Gasteiger partial charge is 0.497 e. The van der Waals surface area contributed by atoms with E-state index in [1.165, 1.54) is 44.5 Å². The number of sulfonamides is 1. The molecule has 2 amide bonds. The Labute approximate surface area is 220 Å². The van der Waals surface area contributed by atoms with Crippen molar-refractivity contribution in [2.75, 3.05) is 29.6 Å². The Morgan fingerprint density at radius 1 is 1.00 bits per heavy atom. The van der Waals surface area contributed by atoms with Gasteiger partial charge in [0.25, 0.3) is 11.8 Å². The van der Waals surface area contributed by atoms with Crippen LogP contribution in [-0.4, -0.2) is 52.5 Å². The van der Waals surface area contributed by atoms with E-state index in [9.17, 15) is 22.4 Å². The first-order chi connectivity index (χ1) is 18.1. The van der Waals surface area contributed by atoms with Crippen molar-refractivity contribution >= 4 is 39.4 Å². The first kappa shape index (κ1) is 28.1. The fourth-order valence-corrected chi connectivity index (χ4v) is 4.51. The van der Waals surface area contributed by atoms with Gasteiger partial charge in [0, 0.05) is 5.69 Å². The quantitative estimate of drug-likeness (QED) is 0.283. The zero-order chi connectivity index (χ0) is 27.7. The molecule has 12 heteroatoms. The number of anilines is 2. The van der Waals surface area contributed by atoms with Gasteiger partial charge in [0.05, 0.1) is 25.3 Å². The molecule has 3 aromatic carbocycles. The van der Waals surface area contributed by atoms with Crippen LogP contribution in [0.15, 0.2) is 77.9 Å². The monoisotopic (exact) mass is 542 g/mol. The van der Waals surface area contributed by atoms with Crippen LogP contribution in [0.5, 0.6) is 11.5 Å². The minimum Gasteiger partial charge on any atom is -0.497 e. The van der Waals surface area contributed by atoms with E-state index in [1.54, 1.807) is 48.5 Å². The summed E-state index contributed by atoms with van der Waals surface area (Å²) in [6.07, 6.45) is 2.40. The average Bonchev–Trinajstić information content (AvgIpc) is 2.89. The number of rotatable bonds is 11. The Bertz CT molecular complexity index is 1380. The maximum atomic E-state index is 12.9. The zero-order valence-corrected chi connectivity index (χ0v) is 21.7. The van der Waals surface area contributed by atoms with Gasteiger partial charge in [-0.05, 0) is 85.3 Å². The lowest BCUT2D eigenvalue weighted by Crippen LogP contribution is -2.46. The first-order valence-electron chi connectivity index (χ1n) is 11.3. The third-order valence-corrected chi connectivity index (χ3v) is 6.42. The van der Waals surface area contributed by atoms with Crippen molar-refractivity contribution in [3.63, 3.8) is 0 Å². The Balaban J connectivity index is 1.53. The summed E-state index contributed by atoms with van der Waals surface area (Å²) in [5.74, 6) is -0.459. The van der Waals surface area contributed by atoms with Gasteiger partial charge in [0.15, 0.2) is 6.61 Å². The number of benzene rings is 3. The number of nitrogens with one attached hydrogen (secondary N) is 2. The molecule has 0 fully saturated rings. The summed E-state index contributed by atoms with van der Waals surface area (Å²) in [6.45, 7) is 1.21. The van der Waals surface area contributed by atoms with Crippen LogP contribution >= 0.6 is 0 Å². The lowest BCUT2D eigenvalue weighted by atomic mass is 10.2. The van der Waals surface area contributed by atoms with E-state index in [2.05, 4.69) is 15.8 Å². The molecule has 0 saturated heterocycles. The second-order valence-corrected chi connectivity index (χ2v) is 9.94. The Morgan fingerprint density at radius 3 is 2.18 bits per heavy atom. The highest BCUT2D eigenvalue weighted by molar-refractivity contribution is 7.92. The fourth-order valence-electron chi connectivity index (χ4n) is 3.33. The third-order valence-electron chi connectivity index (χ3n) is 5.18. The van der Waals surface area contributed by atoms with Gasteiger partial charge < -0.3 is 14.8 Å². The van der Waals surface area contributed by atoms with Gasteiger partial charge in [-0.25, -0.2) is 18.2 Å². The first-order valence-corrected chi connectivity index (χ1v) is 13.2. The maximum Gasteiger partial charge on any atom is 0.263 e. The van der Waals surface area contributed by atoms with E-state index in [0.717, 1.165) is 10.6 Å². The molecule has 0 aliphatic rings. The van der Waals surface area contributed by atoms with Crippen LogP contribution in [0.1, 0.15) is 12.5 Å². The average molecular weight is 543 g/mol. The van der Waals surface area contributed by atoms with Crippen LogP contribution in [0, 0.1) is 5.82 Å². The standard InChI is InChI=1S/C26H27FN4O6S/c1-18(31(38(3,34)35)22-10-14-23(36-2)15-11-22)26(33)30-28-16-19-4-12-24(13-5-19)37-17-25(32)29-21-8-6-20(27)7-9-21/h4-16,18H,17H2,1-3H3,(H,29,32)(H,30,33)/b28-16-/t18-/m1/s1. The lowest BCUT2D eigenvalue weighted by molar-refractivity contribution is -0.121. The number of nitrogens with zero attached hydrogens (tertiary/aromatic N) is 2. The summed E-state index contributed by atoms with van der Waals surface area (Å²) >= 11 is 0. The van der Waals surface area contributed by atoms with Gasteiger partial charge >= 0.3 is 0 Å². The molecule has 1 atom stereocenters. The Kier molecular flexibility index (Phi) is 9.39. The van der Waals surface area contributed by atoms with Gasteiger partial charge in [-0.3, -0.25) is 13.9 Å². The van der Waals surface area contributed by atoms with Crippen molar-refractivity contribution in [2.24, 2.45) is 5.10 Å². The highest BCUT2D eigenvalue weighted by Crippen LogP contribution is 2.23. The summed E-state index contributed by atoms with van der Waals surface area (Å²) in [5, 5.41) is 6.50. The molecule has 3 aromatic rings. The van der Waals surface area contributed by atoms with Crippen molar-refractivity contribution < 1.29 is 31.9 Å². The van der Waals surface area contributed by atoms with Crippen LogP contribution in [0.2, 0.25) is 0 Å². The smallest absolute Gasteiger partial charge is 0.263 e. The number of methoxy groups -OCH3 is 1.